The van der Waals surface area contributed by atoms with Crippen molar-refractivity contribution in [2.24, 2.45) is 11.8 Å². The molecule has 2 rings (SSSR count). The van der Waals surface area contributed by atoms with E-state index in [1.54, 1.807) is 28.8 Å². The number of aliphatic hydroxyl groups is 1. The predicted octanol–water partition coefficient (Wildman–Crippen LogP) is 0.609. The molecule has 3 atom stereocenters. The molecule has 3 unspecified atom stereocenters. The van der Waals surface area contributed by atoms with Gasteiger partial charge in [0.15, 0.2) is 0 Å². The second-order valence-electron chi connectivity index (χ2n) is 6.58. The molecule has 3 amide bonds. The van der Waals surface area contributed by atoms with Crippen molar-refractivity contribution in [2.75, 3.05) is 40.3 Å². The summed E-state index contributed by atoms with van der Waals surface area (Å²) in [6.45, 7) is 4.39. The summed E-state index contributed by atoms with van der Waals surface area (Å²) in [4.78, 5) is 29.7. The van der Waals surface area contributed by atoms with Crippen molar-refractivity contribution >= 4 is 11.9 Å². The van der Waals surface area contributed by atoms with E-state index in [1.807, 2.05) is 6.92 Å². The van der Waals surface area contributed by atoms with Crippen molar-refractivity contribution < 1.29 is 14.7 Å². The van der Waals surface area contributed by atoms with Crippen LogP contribution in [0.2, 0.25) is 0 Å². The Bertz CT molecular complexity index is 400. The summed E-state index contributed by atoms with van der Waals surface area (Å²) in [6.07, 6.45) is 2.12. The molecule has 2 saturated heterocycles. The van der Waals surface area contributed by atoms with Gasteiger partial charge in [-0.3, -0.25) is 4.79 Å². The highest BCUT2D eigenvalue weighted by atomic mass is 16.3. The number of carbonyl (C=O) groups excluding carboxylic acids is 2. The third kappa shape index (κ3) is 3.67. The molecule has 2 fully saturated rings. The molecule has 2 heterocycles. The first kappa shape index (κ1) is 16.1. The van der Waals surface area contributed by atoms with Crippen molar-refractivity contribution in [3.8, 4) is 0 Å². The first-order chi connectivity index (χ1) is 9.90. The van der Waals surface area contributed by atoms with Crippen LogP contribution in [0.25, 0.3) is 0 Å². The van der Waals surface area contributed by atoms with E-state index < -0.39 is 6.10 Å². The maximum Gasteiger partial charge on any atom is 0.319 e. The van der Waals surface area contributed by atoms with Crippen LogP contribution in [0, 0.1) is 11.8 Å². The number of carbonyl (C=O) groups is 2. The summed E-state index contributed by atoms with van der Waals surface area (Å²) < 4.78 is 0. The number of aliphatic hydroxyl groups excluding tert-OH is 1. The zero-order valence-electron chi connectivity index (χ0n) is 13.3. The van der Waals surface area contributed by atoms with E-state index in [2.05, 4.69) is 0 Å². The number of hydrogen-bond acceptors (Lipinski definition) is 3. The number of hydrogen-bond donors (Lipinski definition) is 1. The average molecular weight is 297 g/mol. The fourth-order valence-corrected chi connectivity index (χ4v) is 3.14. The first-order valence-corrected chi connectivity index (χ1v) is 7.83. The van der Waals surface area contributed by atoms with E-state index in [1.165, 1.54) is 0 Å². The van der Waals surface area contributed by atoms with Gasteiger partial charge >= 0.3 is 6.03 Å². The molecule has 0 bridgehead atoms. The van der Waals surface area contributed by atoms with Crippen LogP contribution < -0.4 is 0 Å². The zero-order valence-corrected chi connectivity index (χ0v) is 13.3. The molecule has 0 aromatic rings. The fourth-order valence-electron chi connectivity index (χ4n) is 3.14. The lowest BCUT2D eigenvalue weighted by molar-refractivity contribution is -0.141. The fraction of sp³-hybridized carbons (Fsp3) is 0.867. The molecule has 0 saturated carbocycles. The van der Waals surface area contributed by atoms with Crippen molar-refractivity contribution in [2.45, 2.75) is 32.3 Å². The molecule has 21 heavy (non-hydrogen) atoms. The molecule has 120 valence electrons. The largest absolute Gasteiger partial charge is 0.391 e. The Labute approximate surface area is 126 Å². The molecule has 0 aliphatic carbocycles. The summed E-state index contributed by atoms with van der Waals surface area (Å²) in [7, 11) is 3.46. The normalized spacial score (nSPS) is 30.2. The number of rotatable bonds is 1. The number of urea groups is 1. The minimum Gasteiger partial charge on any atom is -0.391 e. The van der Waals surface area contributed by atoms with Crippen LogP contribution >= 0.6 is 0 Å². The topological polar surface area (TPSA) is 64.1 Å². The summed E-state index contributed by atoms with van der Waals surface area (Å²) in [5, 5.41) is 9.94. The Hall–Kier alpha value is -1.30. The molecule has 0 aromatic carbocycles. The molecule has 2 aliphatic rings. The maximum absolute atomic E-state index is 12.6. The molecule has 6 nitrogen and oxygen atoms in total. The Balaban J connectivity index is 1.94. The van der Waals surface area contributed by atoms with Gasteiger partial charge in [0.1, 0.15) is 0 Å². The van der Waals surface area contributed by atoms with E-state index in [9.17, 15) is 14.7 Å². The Kier molecular flexibility index (Phi) is 5.08. The number of β-amino-alcohol motifs (C(OH)–C–C–N with tert-alkyl or cyclic N) is 1. The van der Waals surface area contributed by atoms with Crippen LogP contribution in [0.4, 0.5) is 4.79 Å². The summed E-state index contributed by atoms with van der Waals surface area (Å²) in [5.41, 5.74) is 0. The number of likely N-dealkylation sites (tertiary alicyclic amines) is 2. The molecule has 0 aromatic heterocycles. The van der Waals surface area contributed by atoms with Crippen molar-refractivity contribution in [3.05, 3.63) is 0 Å². The predicted molar refractivity (Wildman–Crippen MR) is 79.7 cm³/mol. The Morgan fingerprint density at radius 1 is 1.10 bits per heavy atom. The second kappa shape index (κ2) is 6.64. The van der Waals surface area contributed by atoms with Crippen molar-refractivity contribution in [1.82, 2.24) is 14.7 Å². The lowest BCUT2D eigenvalue weighted by Gasteiger charge is -2.39. The SMILES string of the molecule is CC1CCN(C(=O)C2CCCN(C(=O)N(C)C)C2)CC1O. The lowest BCUT2D eigenvalue weighted by atomic mass is 9.92. The molecule has 0 radical (unpaired) electrons. The summed E-state index contributed by atoms with van der Waals surface area (Å²) in [5.74, 6) is 0.229. The summed E-state index contributed by atoms with van der Waals surface area (Å²) in [6, 6.07) is -0.0280. The quantitative estimate of drug-likeness (QED) is 0.771. The Morgan fingerprint density at radius 2 is 1.81 bits per heavy atom. The van der Waals surface area contributed by atoms with E-state index in [0.29, 0.717) is 13.1 Å². The third-order valence-electron chi connectivity index (χ3n) is 4.65. The van der Waals surface area contributed by atoms with Gasteiger partial charge < -0.3 is 19.8 Å². The van der Waals surface area contributed by atoms with Gasteiger partial charge in [0.2, 0.25) is 5.91 Å². The van der Waals surface area contributed by atoms with Crippen LogP contribution in [0.15, 0.2) is 0 Å². The van der Waals surface area contributed by atoms with E-state index in [0.717, 1.165) is 32.4 Å². The highest BCUT2D eigenvalue weighted by molar-refractivity contribution is 5.81. The molecule has 1 N–H and O–H groups in total. The number of amides is 3. The van der Waals surface area contributed by atoms with Crippen LogP contribution in [0.3, 0.4) is 0 Å². The highest BCUT2D eigenvalue weighted by Gasteiger charge is 2.34. The molecular weight excluding hydrogens is 270 g/mol. The minimum absolute atomic E-state index is 0.0280. The van der Waals surface area contributed by atoms with Gasteiger partial charge in [0.25, 0.3) is 0 Å². The highest BCUT2D eigenvalue weighted by Crippen LogP contribution is 2.23. The minimum atomic E-state index is -0.425. The van der Waals surface area contributed by atoms with Gasteiger partial charge in [0, 0.05) is 40.3 Å². The smallest absolute Gasteiger partial charge is 0.319 e. The van der Waals surface area contributed by atoms with Crippen LogP contribution in [-0.4, -0.2) is 78.1 Å². The van der Waals surface area contributed by atoms with Crippen molar-refractivity contribution in [3.63, 3.8) is 0 Å². The van der Waals surface area contributed by atoms with Crippen LogP contribution in [0.1, 0.15) is 26.2 Å². The van der Waals surface area contributed by atoms with E-state index in [-0.39, 0.29) is 23.8 Å². The van der Waals surface area contributed by atoms with Crippen LogP contribution in [-0.2, 0) is 4.79 Å². The monoisotopic (exact) mass is 297 g/mol. The molecule has 0 spiro atoms. The summed E-state index contributed by atoms with van der Waals surface area (Å²) >= 11 is 0. The lowest BCUT2D eigenvalue weighted by Crippen LogP contribution is -2.52. The van der Waals surface area contributed by atoms with Crippen molar-refractivity contribution in [1.29, 1.82) is 0 Å². The third-order valence-corrected chi connectivity index (χ3v) is 4.65. The average Bonchev–Trinajstić information content (AvgIpc) is 2.48. The molecule has 2 aliphatic heterocycles. The van der Waals surface area contributed by atoms with Gasteiger partial charge in [-0.05, 0) is 25.2 Å². The van der Waals surface area contributed by atoms with Gasteiger partial charge in [-0.15, -0.1) is 0 Å². The maximum atomic E-state index is 12.6. The van der Waals surface area contributed by atoms with Gasteiger partial charge in [-0.25, -0.2) is 4.79 Å². The first-order valence-electron chi connectivity index (χ1n) is 7.83. The molecule has 6 heteroatoms. The number of nitrogens with zero attached hydrogens (tertiary/aromatic N) is 3. The standard InChI is InChI=1S/C15H27N3O3/c1-11-6-8-17(10-13(11)19)14(20)12-5-4-7-18(9-12)15(21)16(2)3/h11-13,19H,4-10H2,1-3H3. The zero-order chi connectivity index (χ0) is 15.6. The second-order valence-corrected chi connectivity index (χ2v) is 6.58. The van der Waals surface area contributed by atoms with Gasteiger partial charge in [-0.2, -0.15) is 0 Å². The van der Waals surface area contributed by atoms with Gasteiger partial charge in [-0.1, -0.05) is 6.92 Å². The van der Waals surface area contributed by atoms with E-state index in [4.69, 9.17) is 0 Å². The van der Waals surface area contributed by atoms with Gasteiger partial charge in [0.05, 0.1) is 12.0 Å². The molecular formula is C15H27N3O3. The van der Waals surface area contributed by atoms with Crippen LogP contribution in [0.5, 0.6) is 0 Å². The van der Waals surface area contributed by atoms with E-state index >= 15 is 0 Å². The number of piperidine rings is 2. The Morgan fingerprint density at radius 3 is 2.43 bits per heavy atom.